The molecule has 3 fully saturated rings. The number of H-pyrrole nitrogens is 1. The van der Waals surface area contributed by atoms with Gasteiger partial charge >= 0.3 is 12.1 Å². The molecule has 2 aromatic carbocycles. The number of nitrogens with one attached hydrogen (secondary N) is 4. The van der Waals surface area contributed by atoms with Crippen LogP contribution in [0, 0.1) is 0 Å². The summed E-state index contributed by atoms with van der Waals surface area (Å²) in [7, 11) is 0. The van der Waals surface area contributed by atoms with Gasteiger partial charge in [-0.15, -0.1) is 0 Å². The van der Waals surface area contributed by atoms with E-state index in [0.29, 0.717) is 51.6 Å². The van der Waals surface area contributed by atoms with Crippen LogP contribution in [0.5, 0.6) is 0 Å². The number of hydrogen-bond acceptors (Lipinski definition) is 6. The highest BCUT2D eigenvalue weighted by Gasteiger charge is 2.37. The summed E-state index contributed by atoms with van der Waals surface area (Å²) >= 11 is 0. The number of rotatable bonds is 6. The summed E-state index contributed by atoms with van der Waals surface area (Å²) in [5.41, 5.74) is 3.94. The molecule has 12 nitrogen and oxygen atoms in total. The Balaban J connectivity index is 1.01. The summed E-state index contributed by atoms with van der Waals surface area (Å²) in [5, 5.41) is 17.8. The molecule has 3 aromatic rings. The zero-order valence-corrected chi connectivity index (χ0v) is 27.3. The number of likely N-dealkylation sites (tertiary alicyclic amines) is 2. The van der Waals surface area contributed by atoms with Crippen molar-refractivity contribution in [2.75, 3.05) is 64.2 Å². The summed E-state index contributed by atoms with van der Waals surface area (Å²) in [4.78, 5) is 49.4. The van der Waals surface area contributed by atoms with E-state index >= 15 is 0 Å². The number of fused-ring (bicyclic) bond motifs is 2. The number of nitrogens with zero attached hydrogens (tertiary/aromatic N) is 5. The lowest BCUT2D eigenvalue weighted by molar-refractivity contribution is -0.135. The third kappa shape index (κ3) is 6.80. The molecular formula is C35H47N9O3. The number of piperidine rings is 2. The smallest absolute Gasteiger partial charge is 0.322 e. The summed E-state index contributed by atoms with van der Waals surface area (Å²) in [6, 6.07) is 13.6. The number of urea groups is 2. The SMILES string of the molecule is CC(c1ccc2[nH]ncc2c1)C(NC(=O)N1CCC(N2CCc3ccccc3NC2=O)CC1)C(=O)N1CCC(N2CCNCC2)CC1. The number of benzene rings is 2. The molecule has 2 unspecified atom stereocenters. The molecule has 0 radical (unpaired) electrons. The Labute approximate surface area is 276 Å². The van der Waals surface area contributed by atoms with Crippen LogP contribution in [0.2, 0.25) is 0 Å². The zero-order chi connectivity index (χ0) is 32.3. The maximum absolute atomic E-state index is 14.2. The van der Waals surface area contributed by atoms with Crippen LogP contribution in [-0.2, 0) is 11.2 Å². The van der Waals surface area contributed by atoms with Crippen molar-refractivity contribution >= 4 is 34.6 Å². The third-order valence-corrected chi connectivity index (χ3v) is 10.8. The molecule has 1 aromatic heterocycles. The molecule has 2 atom stereocenters. The first-order chi connectivity index (χ1) is 22.9. The van der Waals surface area contributed by atoms with Crippen molar-refractivity contribution in [1.82, 2.24) is 40.4 Å². The molecule has 12 heteroatoms. The van der Waals surface area contributed by atoms with Gasteiger partial charge < -0.3 is 30.7 Å². The van der Waals surface area contributed by atoms with Crippen molar-refractivity contribution in [3.05, 3.63) is 59.8 Å². The summed E-state index contributed by atoms with van der Waals surface area (Å²) in [5.74, 6) is -0.260. The first-order valence-corrected chi connectivity index (χ1v) is 17.3. The van der Waals surface area contributed by atoms with E-state index in [2.05, 4.69) is 43.2 Å². The van der Waals surface area contributed by atoms with Crippen LogP contribution in [0.4, 0.5) is 15.3 Å². The molecule has 5 heterocycles. The summed E-state index contributed by atoms with van der Waals surface area (Å²) in [6.45, 7) is 9.26. The highest BCUT2D eigenvalue weighted by molar-refractivity contribution is 5.91. The minimum Gasteiger partial charge on any atom is -0.341 e. The number of aromatic nitrogens is 2. The van der Waals surface area contributed by atoms with Gasteiger partial charge in [0, 0.05) is 88.0 Å². The molecule has 3 saturated heterocycles. The molecule has 4 aliphatic heterocycles. The molecular weight excluding hydrogens is 594 g/mol. The predicted molar refractivity (Wildman–Crippen MR) is 181 cm³/mol. The van der Waals surface area contributed by atoms with Gasteiger partial charge in [-0.1, -0.05) is 31.2 Å². The second-order valence-corrected chi connectivity index (χ2v) is 13.5. The lowest BCUT2D eigenvalue weighted by Gasteiger charge is -2.42. The molecule has 4 aliphatic rings. The Morgan fingerprint density at radius 3 is 2.40 bits per heavy atom. The molecule has 0 bridgehead atoms. The number of para-hydroxylation sites is 1. The first-order valence-electron chi connectivity index (χ1n) is 17.3. The van der Waals surface area contributed by atoms with Gasteiger partial charge in [0.25, 0.3) is 0 Å². The number of aromatic amines is 1. The number of piperazine rings is 1. The maximum Gasteiger partial charge on any atom is 0.322 e. The van der Waals surface area contributed by atoms with Crippen molar-refractivity contribution in [1.29, 1.82) is 0 Å². The van der Waals surface area contributed by atoms with Crippen molar-refractivity contribution < 1.29 is 14.4 Å². The topological polar surface area (TPSA) is 129 Å². The van der Waals surface area contributed by atoms with Gasteiger partial charge in [-0.05, 0) is 61.4 Å². The van der Waals surface area contributed by atoms with E-state index in [0.717, 1.165) is 73.2 Å². The quantitative estimate of drug-likeness (QED) is 0.327. The van der Waals surface area contributed by atoms with Crippen molar-refractivity contribution in [2.24, 2.45) is 0 Å². The first kappa shape index (κ1) is 31.4. The van der Waals surface area contributed by atoms with Crippen LogP contribution < -0.4 is 16.0 Å². The van der Waals surface area contributed by atoms with Gasteiger partial charge in [-0.2, -0.15) is 5.10 Å². The van der Waals surface area contributed by atoms with Crippen LogP contribution in [0.3, 0.4) is 0 Å². The largest absolute Gasteiger partial charge is 0.341 e. The van der Waals surface area contributed by atoms with Crippen molar-refractivity contribution in [3.63, 3.8) is 0 Å². The Bertz CT molecular complexity index is 1570. The summed E-state index contributed by atoms with van der Waals surface area (Å²) in [6.07, 6.45) is 5.88. The molecule has 250 valence electrons. The molecule has 7 rings (SSSR count). The molecule has 4 N–H and O–H groups in total. The van der Waals surface area contributed by atoms with E-state index in [9.17, 15) is 14.4 Å². The third-order valence-electron chi connectivity index (χ3n) is 10.8. The molecule has 0 aliphatic carbocycles. The fraction of sp³-hybridized carbons (Fsp3) is 0.543. The van der Waals surface area contributed by atoms with Gasteiger partial charge in [-0.3, -0.25) is 14.8 Å². The Hall–Kier alpha value is -4.16. The lowest BCUT2D eigenvalue weighted by Crippen LogP contribution is -2.58. The van der Waals surface area contributed by atoms with Crippen LogP contribution in [-0.4, -0.2) is 125 Å². The Morgan fingerprint density at radius 2 is 1.62 bits per heavy atom. The maximum atomic E-state index is 14.2. The molecule has 0 saturated carbocycles. The predicted octanol–water partition coefficient (Wildman–Crippen LogP) is 3.20. The van der Waals surface area contributed by atoms with E-state index in [1.807, 2.05) is 52.0 Å². The number of anilines is 1. The standard InChI is InChI=1S/C35H47N9O3/c1-24(26-6-7-31-27(22-26)23-37-40-31)32(33(45)42-15-9-28(10-16-42)41-20-13-36-14-21-41)39-34(46)43-17-11-29(12-18-43)44-19-8-25-4-2-3-5-30(25)38-35(44)47/h2-7,22-24,28-29,32,36H,8-21H2,1H3,(H,37,40)(H,38,47)(H,39,46). The van der Waals surface area contributed by atoms with E-state index in [1.54, 1.807) is 6.20 Å². The average Bonchev–Trinajstić information content (AvgIpc) is 3.52. The van der Waals surface area contributed by atoms with Crippen LogP contribution in [0.25, 0.3) is 10.9 Å². The van der Waals surface area contributed by atoms with Crippen LogP contribution in [0.15, 0.2) is 48.7 Å². The minimum absolute atomic E-state index is 0.0207. The lowest BCUT2D eigenvalue weighted by atomic mass is 9.90. The fourth-order valence-electron chi connectivity index (χ4n) is 7.88. The normalized spacial score (nSPS) is 21.6. The number of carbonyl (C=O) groups excluding carboxylic acids is 3. The molecule has 47 heavy (non-hydrogen) atoms. The highest BCUT2D eigenvalue weighted by Crippen LogP contribution is 2.28. The number of carbonyl (C=O) groups is 3. The molecule has 0 spiro atoms. The van der Waals surface area contributed by atoms with E-state index < -0.39 is 6.04 Å². The van der Waals surface area contributed by atoms with Gasteiger partial charge in [-0.25, -0.2) is 9.59 Å². The van der Waals surface area contributed by atoms with Crippen LogP contribution in [0.1, 0.15) is 49.7 Å². The van der Waals surface area contributed by atoms with Crippen LogP contribution >= 0.6 is 0 Å². The van der Waals surface area contributed by atoms with E-state index in [1.165, 1.54) is 0 Å². The monoisotopic (exact) mass is 641 g/mol. The van der Waals surface area contributed by atoms with Gasteiger partial charge in [0.05, 0.1) is 11.7 Å². The number of hydrogen-bond donors (Lipinski definition) is 4. The minimum atomic E-state index is -0.699. The highest BCUT2D eigenvalue weighted by atomic mass is 16.2. The summed E-state index contributed by atoms with van der Waals surface area (Å²) < 4.78 is 0. The zero-order valence-electron chi connectivity index (χ0n) is 27.3. The second-order valence-electron chi connectivity index (χ2n) is 13.5. The van der Waals surface area contributed by atoms with Crippen molar-refractivity contribution in [3.8, 4) is 0 Å². The second kappa shape index (κ2) is 13.9. The average molecular weight is 642 g/mol. The van der Waals surface area contributed by atoms with E-state index in [-0.39, 0.29) is 29.9 Å². The van der Waals surface area contributed by atoms with Gasteiger partial charge in [0.15, 0.2) is 0 Å². The molecule has 5 amide bonds. The van der Waals surface area contributed by atoms with Gasteiger partial charge in [0.2, 0.25) is 5.91 Å². The Morgan fingerprint density at radius 1 is 0.894 bits per heavy atom. The fourth-order valence-corrected chi connectivity index (χ4v) is 7.88. The van der Waals surface area contributed by atoms with Crippen molar-refractivity contribution in [2.45, 2.75) is 63.1 Å². The van der Waals surface area contributed by atoms with E-state index in [4.69, 9.17) is 0 Å². The van der Waals surface area contributed by atoms with Gasteiger partial charge in [0.1, 0.15) is 6.04 Å². The number of amides is 5. The Kier molecular flexibility index (Phi) is 9.30.